The number of nitrogens with one attached hydrogen (secondary N) is 1. The molecule has 1 heterocycles. The number of anilines is 1. The van der Waals surface area contributed by atoms with Gasteiger partial charge in [0.05, 0.1) is 0 Å². The van der Waals surface area contributed by atoms with Crippen LogP contribution in [-0.2, 0) is 9.59 Å². The van der Waals surface area contributed by atoms with Gasteiger partial charge in [-0.2, -0.15) is 0 Å². The minimum atomic E-state index is -1.33. The molecule has 0 saturated carbocycles. The number of hydrogen-bond donors (Lipinski definition) is 2. The molecule has 1 aromatic carbocycles. The molecule has 2 N–H and O–H groups in total. The van der Waals surface area contributed by atoms with Gasteiger partial charge in [0.2, 0.25) is 11.8 Å². The summed E-state index contributed by atoms with van der Waals surface area (Å²) < 4.78 is 12.8. The van der Waals surface area contributed by atoms with Crippen molar-refractivity contribution in [3.63, 3.8) is 0 Å². The highest BCUT2D eigenvalue weighted by atomic mass is 19.1. The lowest BCUT2D eigenvalue weighted by Crippen LogP contribution is -2.54. The van der Waals surface area contributed by atoms with Gasteiger partial charge in [-0.05, 0) is 30.7 Å². The molecule has 0 bridgehead atoms. The molecule has 0 radical (unpaired) electrons. The van der Waals surface area contributed by atoms with Gasteiger partial charge in [0.15, 0.2) is 0 Å². The Bertz CT molecular complexity index is 529. The number of benzene rings is 1. The Morgan fingerprint density at radius 3 is 2.47 bits per heavy atom. The van der Waals surface area contributed by atoms with Crippen molar-refractivity contribution < 1.29 is 23.9 Å². The first-order valence-corrected chi connectivity index (χ1v) is 5.60. The van der Waals surface area contributed by atoms with E-state index in [1.807, 2.05) is 0 Å². The average molecular weight is 266 g/mol. The van der Waals surface area contributed by atoms with Gasteiger partial charge in [-0.1, -0.05) is 0 Å². The van der Waals surface area contributed by atoms with Gasteiger partial charge in [0, 0.05) is 12.1 Å². The smallest absolute Gasteiger partial charge is 0.412 e. The minimum Gasteiger partial charge on any atom is -0.465 e. The summed E-state index contributed by atoms with van der Waals surface area (Å²) in [6, 6.07) is 3.77. The van der Waals surface area contributed by atoms with E-state index < -0.39 is 29.8 Å². The van der Waals surface area contributed by atoms with E-state index in [2.05, 4.69) is 5.32 Å². The van der Waals surface area contributed by atoms with Crippen molar-refractivity contribution in [1.82, 2.24) is 5.32 Å². The van der Waals surface area contributed by atoms with Crippen LogP contribution in [0, 0.1) is 5.82 Å². The van der Waals surface area contributed by atoms with Crippen LogP contribution in [0.1, 0.15) is 12.8 Å². The van der Waals surface area contributed by atoms with Gasteiger partial charge >= 0.3 is 6.09 Å². The first-order chi connectivity index (χ1) is 8.99. The van der Waals surface area contributed by atoms with Crippen LogP contribution in [0.5, 0.6) is 0 Å². The van der Waals surface area contributed by atoms with Gasteiger partial charge in [0.1, 0.15) is 11.9 Å². The Balaban J connectivity index is 2.30. The van der Waals surface area contributed by atoms with Crippen molar-refractivity contribution in [2.45, 2.75) is 18.9 Å². The predicted octanol–water partition coefficient (Wildman–Crippen LogP) is 1.12. The maximum Gasteiger partial charge on any atom is 0.412 e. The summed E-state index contributed by atoms with van der Waals surface area (Å²) >= 11 is 0. The molecule has 3 amide bonds. The fourth-order valence-corrected chi connectivity index (χ4v) is 1.95. The molecule has 1 atom stereocenters. The summed E-state index contributed by atoms with van der Waals surface area (Å²) in [5, 5.41) is 11.3. The number of hydrogen-bond acceptors (Lipinski definition) is 3. The predicted molar refractivity (Wildman–Crippen MR) is 63.1 cm³/mol. The second-order valence-electron chi connectivity index (χ2n) is 4.10. The van der Waals surface area contributed by atoms with Crippen LogP contribution >= 0.6 is 0 Å². The first-order valence-electron chi connectivity index (χ1n) is 5.60. The molecule has 6 nitrogen and oxygen atoms in total. The zero-order valence-electron chi connectivity index (χ0n) is 9.80. The normalized spacial score (nSPS) is 18.9. The van der Waals surface area contributed by atoms with Gasteiger partial charge in [-0.15, -0.1) is 0 Å². The molecule has 1 saturated heterocycles. The zero-order valence-corrected chi connectivity index (χ0v) is 9.80. The highest BCUT2D eigenvalue weighted by Crippen LogP contribution is 2.22. The number of piperidine rings is 1. The molecular weight excluding hydrogens is 255 g/mol. The Morgan fingerprint density at radius 1 is 1.32 bits per heavy atom. The summed E-state index contributed by atoms with van der Waals surface area (Å²) in [7, 11) is 0. The standard InChI is InChI=1S/C12H11FN2O4/c13-7-1-3-8(4-2-7)15(12(18)19)9-5-6-10(16)14-11(9)17/h1-4,9H,5-6H2,(H,18,19)(H,14,16,17). The van der Waals surface area contributed by atoms with Crippen molar-refractivity contribution in [2.24, 2.45) is 0 Å². The molecule has 2 rings (SSSR count). The van der Waals surface area contributed by atoms with Crippen LogP contribution in [0.25, 0.3) is 0 Å². The number of carbonyl (C=O) groups is 3. The molecule has 1 aromatic rings. The molecule has 0 spiro atoms. The van der Waals surface area contributed by atoms with Crippen LogP contribution in [-0.4, -0.2) is 29.1 Å². The number of carboxylic acid groups (broad SMARTS) is 1. The first kappa shape index (κ1) is 13.0. The third kappa shape index (κ3) is 2.70. The number of rotatable bonds is 2. The zero-order chi connectivity index (χ0) is 14.0. The number of amides is 3. The van der Waals surface area contributed by atoms with Crippen LogP contribution < -0.4 is 10.2 Å². The minimum absolute atomic E-state index is 0.0708. The van der Waals surface area contributed by atoms with E-state index in [1.165, 1.54) is 12.1 Å². The number of halogens is 1. The van der Waals surface area contributed by atoms with E-state index in [9.17, 15) is 23.9 Å². The van der Waals surface area contributed by atoms with Gasteiger partial charge < -0.3 is 5.11 Å². The highest BCUT2D eigenvalue weighted by molar-refractivity contribution is 6.05. The second kappa shape index (κ2) is 5.05. The van der Waals surface area contributed by atoms with Crippen LogP contribution in [0.4, 0.5) is 14.9 Å². The van der Waals surface area contributed by atoms with E-state index in [-0.39, 0.29) is 18.5 Å². The van der Waals surface area contributed by atoms with Crippen molar-refractivity contribution in [1.29, 1.82) is 0 Å². The SMILES string of the molecule is O=C1CCC(N(C(=O)O)c2ccc(F)cc2)C(=O)N1. The monoisotopic (exact) mass is 266 g/mol. The molecular formula is C12H11FN2O4. The van der Waals surface area contributed by atoms with Gasteiger partial charge in [-0.3, -0.25) is 19.8 Å². The second-order valence-corrected chi connectivity index (χ2v) is 4.10. The molecule has 1 unspecified atom stereocenters. The summed E-state index contributed by atoms with van der Waals surface area (Å²) in [6.07, 6.45) is -1.16. The molecule has 19 heavy (non-hydrogen) atoms. The number of carbonyl (C=O) groups excluding carboxylic acids is 2. The highest BCUT2D eigenvalue weighted by Gasteiger charge is 2.35. The topological polar surface area (TPSA) is 86.7 Å². The largest absolute Gasteiger partial charge is 0.465 e. The van der Waals surface area contributed by atoms with Crippen molar-refractivity contribution in [3.05, 3.63) is 30.1 Å². The van der Waals surface area contributed by atoms with Crippen molar-refractivity contribution >= 4 is 23.6 Å². The lowest BCUT2D eigenvalue weighted by molar-refractivity contribution is -0.134. The lowest BCUT2D eigenvalue weighted by atomic mass is 10.0. The molecule has 100 valence electrons. The van der Waals surface area contributed by atoms with E-state index in [0.717, 1.165) is 17.0 Å². The maximum absolute atomic E-state index is 12.8. The molecule has 1 fully saturated rings. The van der Waals surface area contributed by atoms with Gasteiger partial charge in [-0.25, -0.2) is 9.18 Å². The molecule has 1 aliphatic rings. The summed E-state index contributed by atoms with van der Waals surface area (Å²) in [6.45, 7) is 0. The Hall–Kier alpha value is -2.44. The van der Waals surface area contributed by atoms with Gasteiger partial charge in [0.25, 0.3) is 0 Å². The van der Waals surface area contributed by atoms with E-state index in [0.29, 0.717) is 0 Å². The van der Waals surface area contributed by atoms with Crippen molar-refractivity contribution in [3.8, 4) is 0 Å². The fourth-order valence-electron chi connectivity index (χ4n) is 1.95. The average Bonchev–Trinajstić information content (AvgIpc) is 2.34. The van der Waals surface area contributed by atoms with Crippen LogP contribution in [0.15, 0.2) is 24.3 Å². The van der Waals surface area contributed by atoms with Crippen LogP contribution in [0.3, 0.4) is 0 Å². The third-order valence-electron chi connectivity index (χ3n) is 2.83. The molecule has 0 aliphatic carbocycles. The van der Waals surface area contributed by atoms with E-state index in [1.54, 1.807) is 0 Å². The Kier molecular flexibility index (Phi) is 3.46. The molecule has 1 aliphatic heterocycles. The number of nitrogens with zero attached hydrogens (tertiary/aromatic N) is 1. The lowest BCUT2D eigenvalue weighted by Gasteiger charge is -2.30. The summed E-state index contributed by atoms with van der Waals surface area (Å²) in [5.41, 5.74) is 0.184. The summed E-state index contributed by atoms with van der Waals surface area (Å²) in [4.78, 5) is 34.8. The number of imide groups is 1. The summed E-state index contributed by atoms with van der Waals surface area (Å²) in [5.74, 6) is -1.59. The fraction of sp³-hybridized carbons (Fsp3) is 0.250. The third-order valence-corrected chi connectivity index (χ3v) is 2.83. The molecule has 7 heteroatoms. The van der Waals surface area contributed by atoms with E-state index in [4.69, 9.17) is 0 Å². The van der Waals surface area contributed by atoms with Crippen molar-refractivity contribution in [2.75, 3.05) is 4.90 Å². The maximum atomic E-state index is 12.8. The quantitative estimate of drug-likeness (QED) is 0.785. The Morgan fingerprint density at radius 2 is 1.95 bits per heavy atom. The Labute approximate surface area is 107 Å². The van der Waals surface area contributed by atoms with Crippen LogP contribution in [0.2, 0.25) is 0 Å². The molecule has 0 aromatic heterocycles. The van der Waals surface area contributed by atoms with E-state index >= 15 is 0 Å².